The molecule has 1 amide bonds. The molecule has 0 bridgehead atoms. The van der Waals surface area contributed by atoms with E-state index in [-0.39, 0.29) is 5.70 Å². The average molecular weight is 242 g/mol. The van der Waals surface area contributed by atoms with Crippen molar-refractivity contribution in [3.05, 3.63) is 11.3 Å². The van der Waals surface area contributed by atoms with Crippen molar-refractivity contribution in [3.8, 4) is 0 Å². The SMILES string of the molecule is CC(C)=C(NC(=O)C1NCCC1(C)O)C(=O)O. The molecule has 17 heavy (non-hydrogen) atoms. The van der Waals surface area contributed by atoms with Gasteiger partial charge in [-0.1, -0.05) is 0 Å². The van der Waals surface area contributed by atoms with Crippen LogP contribution in [0.5, 0.6) is 0 Å². The number of hydrogen-bond donors (Lipinski definition) is 4. The molecule has 2 atom stereocenters. The summed E-state index contributed by atoms with van der Waals surface area (Å²) in [4.78, 5) is 22.7. The summed E-state index contributed by atoms with van der Waals surface area (Å²) in [5, 5.41) is 24.0. The zero-order valence-corrected chi connectivity index (χ0v) is 10.2. The lowest BCUT2D eigenvalue weighted by atomic mass is 9.97. The minimum atomic E-state index is -1.18. The molecule has 6 heteroatoms. The maximum atomic E-state index is 11.8. The number of carboxylic acids is 1. The van der Waals surface area contributed by atoms with E-state index in [1.165, 1.54) is 0 Å². The van der Waals surface area contributed by atoms with Gasteiger partial charge in [-0.25, -0.2) is 4.79 Å². The van der Waals surface area contributed by atoms with Crippen molar-refractivity contribution >= 4 is 11.9 Å². The first-order valence-electron chi connectivity index (χ1n) is 5.43. The van der Waals surface area contributed by atoms with Crippen LogP contribution in [0, 0.1) is 0 Å². The summed E-state index contributed by atoms with van der Waals surface area (Å²) in [6.45, 7) is 5.29. The molecule has 2 unspecified atom stereocenters. The van der Waals surface area contributed by atoms with Crippen molar-refractivity contribution < 1.29 is 19.8 Å². The van der Waals surface area contributed by atoms with Crippen LogP contribution in [0.3, 0.4) is 0 Å². The van der Waals surface area contributed by atoms with Crippen LogP contribution in [0.4, 0.5) is 0 Å². The molecule has 0 spiro atoms. The average Bonchev–Trinajstić information content (AvgIpc) is 2.53. The molecular formula is C11H18N2O4. The smallest absolute Gasteiger partial charge is 0.352 e. The van der Waals surface area contributed by atoms with Crippen LogP contribution in [0.15, 0.2) is 11.3 Å². The van der Waals surface area contributed by atoms with Gasteiger partial charge in [-0.05, 0) is 39.3 Å². The van der Waals surface area contributed by atoms with Crippen LogP contribution in [-0.2, 0) is 9.59 Å². The van der Waals surface area contributed by atoms with Crippen LogP contribution < -0.4 is 10.6 Å². The number of aliphatic hydroxyl groups is 1. The zero-order valence-electron chi connectivity index (χ0n) is 10.2. The summed E-state index contributed by atoms with van der Waals surface area (Å²) in [5.74, 6) is -1.71. The van der Waals surface area contributed by atoms with Crippen molar-refractivity contribution in [1.29, 1.82) is 0 Å². The molecule has 1 rings (SSSR count). The molecular weight excluding hydrogens is 224 g/mol. The van der Waals surface area contributed by atoms with E-state index in [2.05, 4.69) is 10.6 Å². The van der Waals surface area contributed by atoms with Gasteiger partial charge < -0.3 is 20.8 Å². The fourth-order valence-electron chi connectivity index (χ4n) is 1.80. The summed E-state index contributed by atoms with van der Waals surface area (Å²) in [5.41, 5.74) is -0.780. The first-order valence-corrected chi connectivity index (χ1v) is 5.43. The number of amides is 1. The summed E-state index contributed by atoms with van der Waals surface area (Å²) in [6, 6.07) is -0.781. The molecule has 1 heterocycles. The Morgan fingerprint density at radius 3 is 2.35 bits per heavy atom. The number of carboxylic acid groups (broad SMARTS) is 1. The van der Waals surface area contributed by atoms with E-state index >= 15 is 0 Å². The third kappa shape index (κ3) is 3.04. The van der Waals surface area contributed by atoms with Crippen molar-refractivity contribution in [2.75, 3.05) is 6.54 Å². The fraction of sp³-hybridized carbons (Fsp3) is 0.636. The van der Waals surface area contributed by atoms with E-state index in [9.17, 15) is 14.7 Å². The van der Waals surface area contributed by atoms with E-state index < -0.39 is 23.5 Å². The lowest BCUT2D eigenvalue weighted by Crippen LogP contribution is -2.51. The molecule has 96 valence electrons. The van der Waals surface area contributed by atoms with E-state index in [0.717, 1.165) is 0 Å². The summed E-state index contributed by atoms with van der Waals surface area (Å²) < 4.78 is 0. The second kappa shape index (κ2) is 4.85. The monoisotopic (exact) mass is 242 g/mol. The Balaban J connectivity index is 2.79. The molecule has 1 fully saturated rings. The molecule has 0 aromatic heterocycles. The van der Waals surface area contributed by atoms with Gasteiger partial charge in [0, 0.05) is 0 Å². The first-order chi connectivity index (χ1) is 7.75. The highest BCUT2D eigenvalue weighted by atomic mass is 16.4. The van der Waals surface area contributed by atoms with Gasteiger partial charge in [0.1, 0.15) is 11.7 Å². The van der Waals surface area contributed by atoms with Gasteiger partial charge >= 0.3 is 5.97 Å². The topological polar surface area (TPSA) is 98.7 Å². The van der Waals surface area contributed by atoms with Crippen LogP contribution in [0.1, 0.15) is 27.2 Å². The van der Waals surface area contributed by atoms with Gasteiger partial charge in [-0.2, -0.15) is 0 Å². The summed E-state index contributed by atoms with van der Waals surface area (Å²) in [6.07, 6.45) is 0.461. The van der Waals surface area contributed by atoms with Gasteiger partial charge in [0.25, 0.3) is 0 Å². The Labute approximate surface area is 99.7 Å². The highest BCUT2D eigenvalue weighted by Gasteiger charge is 2.41. The lowest BCUT2D eigenvalue weighted by molar-refractivity contribution is -0.136. The molecule has 1 aliphatic heterocycles. The molecule has 0 radical (unpaired) electrons. The Hall–Kier alpha value is -1.40. The number of aliphatic carboxylic acids is 1. The number of carbonyl (C=O) groups is 2. The summed E-state index contributed by atoms with van der Waals surface area (Å²) in [7, 11) is 0. The fourth-order valence-corrected chi connectivity index (χ4v) is 1.80. The highest BCUT2D eigenvalue weighted by Crippen LogP contribution is 2.20. The second-order valence-corrected chi connectivity index (χ2v) is 4.66. The van der Waals surface area contributed by atoms with E-state index in [0.29, 0.717) is 18.5 Å². The highest BCUT2D eigenvalue weighted by molar-refractivity contribution is 5.95. The van der Waals surface area contributed by atoms with Crippen LogP contribution in [-0.4, -0.2) is 40.3 Å². The molecule has 0 aliphatic carbocycles. The minimum absolute atomic E-state index is 0.139. The third-order valence-electron chi connectivity index (χ3n) is 2.83. The number of hydrogen-bond acceptors (Lipinski definition) is 4. The normalized spacial score (nSPS) is 27.6. The van der Waals surface area contributed by atoms with E-state index in [1.54, 1.807) is 20.8 Å². The van der Waals surface area contributed by atoms with Crippen LogP contribution in [0.2, 0.25) is 0 Å². The summed E-state index contributed by atoms with van der Waals surface area (Å²) >= 11 is 0. The number of nitrogens with one attached hydrogen (secondary N) is 2. The quantitative estimate of drug-likeness (QED) is 0.504. The maximum absolute atomic E-state index is 11.8. The Bertz CT molecular complexity index is 370. The third-order valence-corrected chi connectivity index (χ3v) is 2.83. The second-order valence-electron chi connectivity index (χ2n) is 4.66. The van der Waals surface area contributed by atoms with Crippen LogP contribution >= 0.6 is 0 Å². The lowest BCUT2D eigenvalue weighted by Gasteiger charge is -2.24. The first kappa shape index (κ1) is 13.7. The van der Waals surface area contributed by atoms with Gasteiger partial charge in [0.15, 0.2) is 0 Å². The Morgan fingerprint density at radius 2 is 2.00 bits per heavy atom. The van der Waals surface area contributed by atoms with Crippen molar-refractivity contribution in [1.82, 2.24) is 10.6 Å². The predicted octanol–water partition coefficient (Wildman–Crippen LogP) is -0.406. The van der Waals surface area contributed by atoms with Crippen molar-refractivity contribution in [2.45, 2.75) is 38.8 Å². The number of rotatable bonds is 3. The van der Waals surface area contributed by atoms with E-state index in [4.69, 9.17) is 5.11 Å². The van der Waals surface area contributed by atoms with Crippen LogP contribution in [0.25, 0.3) is 0 Å². The van der Waals surface area contributed by atoms with Gasteiger partial charge in [0.2, 0.25) is 5.91 Å². The predicted molar refractivity (Wildman–Crippen MR) is 61.2 cm³/mol. The Morgan fingerprint density at radius 1 is 1.41 bits per heavy atom. The molecule has 1 aliphatic rings. The van der Waals surface area contributed by atoms with Gasteiger partial charge in [0.05, 0.1) is 5.60 Å². The Kier molecular flexibility index (Phi) is 3.90. The largest absolute Gasteiger partial charge is 0.477 e. The number of allylic oxidation sites excluding steroid dienone is 1. The molecule has 0 aromatic carbocycles. The van der Waals surface area contributed by atoms with Gasteiger partial charge in [-0.15, -0.1) is 0 Å². The number of carbonyl (C=O) groups excluding carboxylic acids is 1. The standard InChI is InChI=1S/C11H18N2O4/c1-6(2)7(10(15)16)13-9(14)8-11(3,17)4-5-12-8/h8,12,17H,4-5H2,1-3H3,(H,13,14)(H,15,16). The maximum Gasteiger partial charge on any atom is 0.352 e. The zero-order chi connectivity index (χ0) is 13.2. The van der Waals surface area contributed by atoms with E-state index in [1.807, 2.05) is 0 Å². The van der Waals surface area contributed by atoms with Crippen molar-refractivity contribution in [2.24, 2.45) is 0 Å². The molecule has 0 aromatic rings. The molecule has 6 nitrogen and oxygen atoms in total. The minimum Gasteiger partial charge on any atom is -0.477 e. The molecule has 0 saturated carbocycles. The molecule has 4 N–H and O–H groups in total. The molecule has 1 saturated heterocycles. The van der Waals surface area contributed by atoms with Crippen molar-refractivity contribution in [3.63, 3.8) is 0 Å². The van der Waals surface area contributed by atoms with Gasteiger partial charge in [-0.3, -0.25) is 4.79 Å².